The van der Waals surface area contributed by atoms with Gasteiger partial charge in [0.05, 0.1) is 0 Å². The summed E-state index contributed by atoms with van der Waals surface area (Å²) in [6.45, 7) is 8.76. The van der Waals surface area contributed by atoms with Gasteiger partial charge in [0.1, 0.15) is 0 Å². The first-order chi connectivity index (χ1) is 11.2. The van der Waals surface area contributed by atoms with Gasteiger partial charge < -0.3 is 0 Å². The molecule has 0 atom stereocenters. The van der Waals surface area contributed by atoms with E-state index in [0.717, 1.165) is 23.7 Å². The summed E-state index contributed by atoms with van der Waals surface area (Å²) < 4.78 is 0. The minimum atomic E-state index is 1.01. The minimum Gasteiger partial charge on any atom is -0.0999 e. The van der Waals surface area contributed by atoms with Crippen LogP contribution < -0.4 is 0 Å². The summed E-state index contributed by atoms with van der Waals surface area (Å²) in [5.74, 6) is 4.23. The fourth-order valence-electron chi connectivity index (χ4n) is 5.08. The van der Waals surface area contributed by atoms with E-state index in [2.05, 4.69) is 20.4 Å². The standard InChI is InChI=1S/C23H42/c1-4-6-20-9-11-22(12-10-20)17-18-23-15-13-21(14-16-23)8-7-19(3)5-2/h20-23H,3-18H2,1-2H3. The Bertz CT molecular complexity index is 313. The third-order valence-electron chi connectivity index (χ3n) is 7.02. The maximum atomic E-state index is 4.17. The summed E-state index contributed by atoms with van der Waals surface area (Å²) in [7, 11) is 0. The van der Waals surface area contributed by atoms with Crippen molar-refractivity contribution in [2.45, 2.75) is 110 Å². The second-order valence-electron chi connectivity index (χ2n) is 8.78. The van der Waals surface area contributed by atoms with Crippen molar-refractivity contribution in [3.63, 3.8) is 0 Å². The molecule has 2 saturated carbocycles. The molecule has 0 N–H and O–H groups in total. The first kappa shape index (κ1) is 19.1. The summed E-state index contributed by atoms with van der Waals surface area (Å²) in [5, 5.41) is 0. The van der Waals surface area contributed by atoms with Crippen LogP contribution in [0.15, 0.2) is 12.2 Å². The van der Waals surface area contributed by atoms with Crippen LogP contribution in [0.2, 0.25) is 0 Å². The van der Waals surface area contributed by atoms with E-state index in [1.807, 2.05) is 0 Å². The molecule has 0 heterocycles. The van der Waals surface area contributed by atoms with E-state index in [4.69, 9.17) is 0 Å². The molecule has 0 radical (unpaired) electrons. The molecular formula is C23H42. The van der Waals surface area contributed by atoms with Crippen LogP contribution in [0.3, 0.4) is 0 Å². The average Bonchev–Trinajstić information content (AvgIpc) is 2.60. The van der Waals surface area contributed by atoms with E-state index >= 15 is 0 Å². The molecule has 0 aliphatic heterocycles. The second-order valence-corrected chi connectivity index (χ2v) is 8.78. The van der Waals surface area contributed by atoms with Crippen LogP contribution in [-0.2, 0) is 0 Å². The molecule has 0 aromatic rings. The molecule has 2 fully saturated rings. The fraction of sp³-hybridized carbons (Fsp3) is 0.913. The zero-order valence-electron chi connectivity index (χ0n) is 16.1. The van der Waals surface area contributed by atoms with Crippen molar-refractivity contribution in [3.05, 3.63) is 12.2 Å². The molecular weight excluding hydrogens is 276 g/mol. The second kappa shape index (κ2) is 10.6. The molecule has 0 saturated heterocycles. The SMILES string of the molecule is C=C(CC)CCC1CCC(CCC2CCC(CCC)CC2)CC1. The molecule has 0 nitrogen and oxygen atoms in total. The molecule has 0 unspecified atom stereocenters. The Morgan fingerprint density at radius 1 is 0.652 bits per heavy atom. The highest BCUT2D eigenvalue weighted by atomic mass is 14.3. The smallest absolute Gasteiger partial charge is 0.0320 e. The average molecular weight is 319 g/mol. The van der Waals surface area contributed by atoms with Crippen LogP contribution in [-0.4, -0.2) is 0 Å². The van der Waals surface area contributed by atoms with Crippen LogP contribution in [0.1, 0.15) is 110 Å². The van der Waals surface area contributed by atoms with Gasteiger partial charge in [-0.05, 0) is 42.9 Å². The van der Waals surface area contributed by atoms with Crippen LogP contribution in [0.5, 0.6) is 0 Å². The van der Waals surface area contributed by atoms with Crippen LogP contribution in [0, 0.1) is 23.7 Å². The normalized spacial score (nSPS) is 31.9. The summed E-state index contributed by atoms with van der Waals surface area (Å²) >= 11 is 0. The summed E-state index contributed by atoms with van der Waals surface area (Å²) in [4.78, 5) is 0. The van der Waals surface area contributed by atoms with Crippen LogP contribution in [0.25, 0.3) is 0 Å². The van der Waals surface area contributed by atoms with Crippen molar-refractivity contribution in [2.75, 3.05) is 0 Å². The number of hydrogen-bond acceptors (Lipinski definition) is 0. The first-order valence-electron chi connectivity index (χ1n) is 10.9. The molecule has 0 heteroatoms. The molecule has 23 heavy (non-hydrogen) atoms. The zero-order valence-corrected chi connectivity index (χ0v) is 16.1. The molecule has 134 valence electrons. The fourth-order valence-corrected chi connectivity index (χ4v) is 5.08. The summed E-state index contributed by atoms with van der Waals surface area (Å²) in [6.07, 6.45) is 22.0. The summed E-state index contributed by atoms with van der Waals surface area (Å²) in [6, 6.07) is 0. The van der Waals surface area contributed by atoms with Gasteiger partial charge in [0.15, 0.2) is 0 Å². The topological polar surface area (TPSA) is 0 Å². The van der Waals surface area contributed by atoms with Gasteiger partial charge in [-0.1, -0.05) is 103 Å². The lowest BCUT2D eigenvalue weighted by Gasteiger charge is -2.32. The lowest BCUT2D eigenvalue weighted by atomic mass is 9.74. The van der Waals surface area contributed by atoms with Crippen molar-refractivity contribution in [3.8, 4) is 0 Å². The molecule has 0 amide bonds. The molecule has 0 aromatic carbocycles. The largest absolute Gasteiger partial charge is 0.0999 e. The Morgan fingerprint density at radius 3 is 1.43 bits per heavy atom. The lowest BCUT2D eigenvalue weighted by Crippen LogP contribution is -2.18. The minimum absolute atomic E-state index is 1.01. The van der Waals surface area contributed by atoms with E-state index in [1.165, 1.54) is 82.6 Å². The van der Waals surface area contributed by atoms with Gasteiger partial charge in [0, 0.05) is 0 Å². The predicted octanol–water partition coefficient (Wildman–Crippen LogP) is 7.93. The van der Waals surface area contributed by atoms with Gasteiger partial charge in [0.2, 0.25) is 0 Å². The van der Waals surface area contributed by atoms with Gasteiger partial charge in [0.25, 0.3) is 0 Å². The third-order valence-corrected chi connectivity index (χ3v) is 7.02. The zero-order chi connectivity index (χ0) is 16.5. The third kappa shape index (κ3) is 7.02. The van der Waals surface area contributed by atoms with E-state index in [0.29, 0.717) is 0 Å². The Hall–Kier alpha value is -0.260. The highest BCUT2D eigenvalue weighted by molar-refractivity contribution is 4.93. The Balaban J connectivity index is 1.54. The molecule has 0 aromatic heterocycles. The van der Waals surface area contributed by atoms with Gasteiger partial charge in [-0.2, -0.15) is 0 Å². The van der Waals surface area contributed by atoms with Crippen LogP contribution in [0.4, 0.5) is 0 Å². The molecule has 2 aliphatic rings. The predicted molar refractivity (Wildman–Crippen MR) is 104 cm³/mol. The Kier molecular flexibility index (Phi) is 8.77. The lowest BCUT2D eigenvalue weighted by molar-refractivity contribution is 0.209. The van der Waals surface area contributed by atoms with Gasteiger partial charge >= 0.3 is 0 Å². The maximum absolute atomic E-state index is 4.17. The van der Waals surface area contributed by atoms with E-state index in [-0.39, 0.29) is 0 Å². The van der Waals surface area contributed by atoms with Gasteiger partial charge in [-0.25, -0.2) is 0 Å². The number of allylic oxidation sites excluding steroid dienone is 1. The monoisotopic (exact) mass is 318 g/mol. The number of rotatable bonds is 9. The van der Waals surface area contributed by atoms with Crippen molar-refractivity contribution in [1.29, 1.82) is 0 Å². The van der Waals surface area contributed by atoms with Crippen LogP contribution >= 0.6 is 0 Å². The van der Waals surface area contributed by atoms with E-state index in [1.54, 1.807) is 19.3 Å². The quantitative estimate of drug-likeness (QED) is 0.379. The molecule has 2 rings (SSSR count). The highest BCUT2D eigenvalue weighted by Crippen LogP contribution is 2.38. The molecule has 2 aliphatic carbocycles. The number of hydrogen-bond donors (Lipinski definition) is 0. The van der Waals surface area contributed by atoms with Gasteiger partial charge in [-0.15, -0.1) is 0 Å². The molecule has 0 bridgehead atoms. The van der Waals surface area contributed by atoms with E-state index < -0.39 is 0 Å². The maximum Gasteiger partial charge on any atom is -0.0320 e. The Morgan fingerprint density at radius 2 is 1.04 bits per heavy atom. The van der Waals surface area contributed by atoms with Crippen molar-refractivity contribution in [1.82, 2.24) is 0 Å². The van der Waals surface area contributed by atoms with E-state index in [9.17, 15) is 0 Å². The van der Waals surface area contributed by atoms with Crippen molar-refractivity contribution < 1.29 is 0 Å². The van der Waals surface area contributed by atoms with Crippen molar-refractivity contribution >= 4 is 0 Å². The summed E-state index contributed by atoms with van der Waals surface area (Å²) in [5.41, 5.74) is 1.46. The highest BCUT2D eigenvalue weighted by Gasteiger charge is 2.24. The Labute approximate surface area is 146 Å². The van der Waals surface area contributed by atoms with Gasteiger partial charge in [-0.3, -0.25) is 0 Å². The molecule has 0 spiro atoms. The van der Waals surface area contributed by atoms with Crippen molar-refractivity contribution in [2.24, 2.45) is 23.7 Å². The first-order valence-corrected chi connectivity index (χ1v) is 10.9.